The first-order chi connectivity index (χ1) is 17.0. The van der Waals surface area contributed by atoms with Gasteiger partial charge in [0.25, 0.3) is 0 Å². The van der Waals surface area contributed by atoms with Crippen LogP contribution in [0.5, 0.6) is 0 Å². The minimum Gasteiger partial charge on any atom is -0.477 e. The zero-order chi connectivity index (χ0) is 24.1. The monoisotopic (exact) mass is 478 g/mol. The van der Waals surface area contributed by atoms with Crippen LogP contribution in [0.4, 0.5) is 10.3 Å². The number of carboxylic acid groups (broad SMARTS) is 1. The van der Waals surface area contributed by atoms with E-state index >= 15 is 0 Å². The maximum Gasteiger partial charge on any atom is 0.354 e. The number of aromatic carboxylic acids is 1. The van der Waals surface area contributed by atoms with E-state index in [1.54, 1.807) is 25.1 Å². The van der Waals surface area contributed by atoms with E-state index in [0.29, 0.717) is 35.4 Å². The van der Waals surface area contributed by atoms with Crippen molar-refractivity contribution in [3.05, 3.63) is 58.9 Å². The summed E-state index contributed by atoms with van der Waals surface area (Å²) in [5, 5.41) is 13.6. The number of fused-ring (bicyclic) bond motifs is 2. The van der Waals surface area contributed by atoms with Gasteiger partial charge in [0, 0.05) is 34.8 Å². The Morgan fingerprint density at radius 3 is 2.60 bits per heavy atom. The zero-order valence-corrected chi connectivity index (χ0v) is 19.5. The number of aryl methyl sites for hydroxylation is 1. The summed E-state index contributed by atoms with van der Waals surface area (Å²) in [4.78, 5) is 22.5. The van der Waals surface area contributed by atoms with Crippen molar-refractivity contribution in [1.29, 1.82) is 0 Å². The standard InChI is InChI=1S/C26H27FN4O4/c1-14-10-22(25(32)33)29-26(28-14)31-16-8-9-17(31)12-18(11-16)34-13-20-23(19-4-2-3-5-21(19)27)30-35-24(20)15-6-7-15/h2-5,10,15-18H,6-9,11-13H2,1H3,(H,32,33)/t16-,17?,18?/m0/s1. The highest BCUT2D eigenvalue weighted by Crippen LogP contribution is 2.45. The SMILES string of the molecule is Cc1cc(C(=O)O)nc(N2C3CC[C@H]2CC(OCc2c(-c4ccccc4F)noc2C2CC2)C3)n1. The number of anilines is 1. The molecule has 9 heteroatoms. The zero-order valence-electron chi connectivity index (χ0n) is 19.5. The van der Waals surface area contributed by atoms with E-state index in [4.69, 9.17) is 9.26 Å². The topological polar surface area (TPSA) is 102 Å². The fourth-order valence-electron chi connectivity index (χ4n) is 5.56. The average Bonchev–Trinajstić information content (AvgIpc) is 3.54. The van der Waals surface area contributed by atoms with Crippen LogP contribution in [0.1, 0.15) is 71.9 Å². The number of piperidine rings is 1. The Kier molecular flexibility index (Phi) is 5.51. The van der Waals surface area contributed by atoms with Crippen molar-refractivity contribution in [2.24, 2.45) is 0 Å². The summed E-state index contributed by atoms with van der Waals surface area (Å²) >= 11 is 0. The van der Waals surface area contributed by atoms with Crippen molar-refractivity contribution in [2.75, 3.05) is 4.90 Å². The molecule has 3 fully saturated rings. The van der Waals surface area contributed by atoms with E-state index in [9.17, 15) is 14.3 Å². The molecule has 0 amide bonds. The van der Waals surface area contributed by atoms with Gasteiger partial charge in [-0.25, -0.2) is 19.2 Å². The van der Waals surface area contributed by atoms with Gasteiger partial charge in [-0.1, -0.05) is 17.3 Å². The molecular formula is C26H27FN4O4. The van der Waals surface area contributed by atoms with E-state index in [2.05, 4.69) is 20.0 Å². The van der Waals surface area contributed by atoms with Crippen LogP contribution < -0.4 is 4.90 Å². The van der Waals surface area contributed by atoms with Gasteiger partial charge in [0.2, 0.25) is 5.95 Å². The summed E-state index contributed by atoms with van der Waals surface area (Å²) in [6.07, 6.45) is 5.72. The predicted molar refractivity (Wildman–Crippen MR) is 125 cm³/mol. The van der Waals surface area contributed by atoms with Crippen molar-refractivity contribution in [3.8, 4) is 11.3 Å². The first kappa shape index (κ1) is 22.2. The Morgan fingerprint density at radius 1 is 1.17 bits per heavy atom. The maximum absolute atomic E-state index is 14.5. The smallest absolute Gasteiger partial charge is 0.354 e. The van der Waals surface area contributed by atoms with Crippen molar-refractivity contribution in [1.82, 2.24) is 15.1 Å². The molecule has 0 radical (unpaired) electrons. The number of aromatic nitrogens is 3. The molecular weight excluding hydrogens is 451 g/mol. The number of benzene rings is 1. The van der Waals surface area contributed by atoms with Crippen LogP contribution in [0.3, 0.4) is 0 Å². The molecule has 6 rings (SSSR count). The summed E-state index contributed by atoms with van der Waals surface area (Å²) in [5.41, 5.74) is 2.47. The largest absolute Gasteiger partial charge is 0.477 e. The minimum absolute atomic E-state index is 0.0195. The molecule has 0 spiro atoms. The van der Waals surface area contributed by atoms with Crippen LogP contribution in [-0.4, -0.2) is 44.4 Å². The molecule has 3 aliphatic rings. The normalized spacial score (nSPS) is 23.6. The second-order valence-electron chi connectivity index (χ2n) is 9.82. The highest BCUT2D eigenvalue weighted by Gasteiger charge is 2.43. The van der Waals surface area contributed by atoms with E-state index in [1.807, 2.05) is 0 Å². The summed E-state index contributed by atoms with van der Waals surface area (Å²) in [7, 11) is 0. The molecule has 1 aliphatic carbocycles. The number of hydrogen-bond donors (Lipinski definition) is 1. The quantitative estimate of drug-likeness (QED) is 0.513. The van der Waals surface area contributed by atoms with E-state index in [0.717, 1.165) is 49.8 Å². The number of carbonyl (C=O) groups is 1. The maximum atomic E-state index is 14.5. The molecule has 1 saturated carbocycles. The molecule has 2 unspecified atom stereocenters. The predicted octanol–water partition coefficient (Wildman–Crippen LogP) is 4.87. The van der Waals surface area contributed by atoms with Gasteiger partial charge in [-0.05, 0) is 63.6 Å². The first-order valence-electron chi connectivity index (χ1n) is 12.2. The Morgan fingerprint density at radius 2 is 1.91 bits per heavy atom. The molecule has 35 heavy (non-hydrogen) atoms. The molecule has 3 atom stereocenters. The fraction of sp³-hybridized carbons (Fsp3) is 0.462. The van der Waals surface area contributed by atoms with Crippen LogP contribution in [0.2, 0.25) is 0 Å². The van der Waals surface area contributed by atoms with Crippen LogP contribution in [-0.2, 0) is 11.3 Å². The van der Waals surface area contributed by atoms with Crippen molar-refractivity contribution >= 4 is 11.9 Å². The van der Waals surface area contributed by atoms with Gasteiger partial charge in [0.15, 0.2) is 5.69 Å². The van der Waals surface area contributed by atoms with Gasteiger partial charge < -0.3 is 19.3 Å². The van der Waals surface area contributed by atoms with Crippen molar-refractivity contribution in [3.63, 3.8) is 0 Å². The van der Waals surface area contributed by atoms with E-state index in [-0.39, 0.29) is 29.7 Å². The van der Waals surface area contributed by atoms with Gasteiger partial charge in [0.1, 0.15) is 17.3 Å². The van der Waals surface area contributed by atoms with Crippen LogP contribution in [0.15, 0.2) is 34.9 Å². The number of rotatable bonds is 7. The van der Waals surface area contributed by atoms with Crippen LogP contribution in [0.25, 0.3) is 11.3 Å². The lowest BCUT2D eigenvalue weighted by molar-refractivity contribution is 0.0144. The molecule has 2 aromatic heterocycles. The lowest BCUT2D eigenvalue weighted by Gasteiger charge is -2.39. The van der Waals surface area contributed by atoms with Gasteiger partial charge >= 0.3 is 5.97 Å². The lowest BCUT2D eigenvalue weighted by atomic mass is 9.99. The van der Waals surface area contributed by atoms with Gasteiger partial charge in [-0.2, -0.15) is 0 Å². The Hall–Kier alpha value is -3.33. The summed E-state index contributed by atoms with van der Waals surface area (Å²) in [6, 6.07) is 8.49. The number of hydrogen-bond acceptors (Lipinski definition) is 7. The number of nitrogens with zero attached hydrogens (tertiary/aromatic N) is 4. The molecule has 3 aromatic rings. The molecule has 2 saturated heterocycles. The molecule has 2 bridgehead atoms. The summed E-state index contributed by atoms with van der Waals surface area (Å²) in [5.74, 6) is 0.271. The van der Waals surface area contributed by atoms with Crippen LogP contribution in [0, 0.1) is 12.7 Å². The third-order valence-corrected chi connectivity index (χ3v) is 7.34. The molecule has 1 aromatic carbocycles. The first-order valence-corrected chi connectivity index (χ1v) is 12.2. The molecule has 4 heterocycles. The Bertz CT molecular complexity index is 1260. The van der Waals surface area contributed by atoms with E-state index < -0.39 is 5.97 Å². The number of carboxylic acids is 1. The average molecular weight is 479 g/mol. The second-order valence-corrected chi connectivity index (χ2v) is 9.82. The Balaban J connectivity index is 1.20. The van der Waals surface area contributed by atoms with Crippen molar-refractivity contribution < 1.29 is 23.6 Å². The van der Waals surface area contributed by atoms with Gasteiger partial charge in [-0.3, -0.25) is 0 Å². The van der Waals surface area contributed by atoms with E-state index in [1.165, 1.54) is 12.1 Å². The number of ether oxygens (including phenoxy) is 1. The summed E-state index contributed by atoms with van der Waals surface area (Å²) in [6.45, 7) is 2.12. The van der Waals surface area contributed by atoms with Crippen LogP contribution >= 0.6 is 0 Å². The highest BCUT2D eigenvalue weighted by molar-refractivity contribution is 5.85. The third kappa shape index (κ3) is 4.18. The lowest BCUT2D eigenvalue weighted by Crippen LogP contribution is -2.46. The highest BCUT2D eigenvalue weighted by atomic mass is 19.1. The minimum atomic E-state index is -1.05. The van der Waals surface area contributed by atoms with Crippen molar-refractivity contribution in [2.45, 2.75) is 76.2 Å². The third-order valence-electron chi connectivity index (χ3n) is 7.34. The van der Waals surface area contributed by atoms with Gasteiger partial charge in [0.05, 0.1) is 12.7 Å². The molecule has 1 N–H and O–H groups in total. The molecule has 2 aliphatic heterocycles. The molecule has 182 valence electrons. The van der Waals surface area contributed by atoms with Gasteiger partial charge in [-0.15, -0.1) is 0 Å². The summed E-state index contributed by atoms with van der Waals surface area (Å²) < 4.78 is 26.6. The Labute approximate surface area is 202 Å². The fourth-order valence-corrected chi connectivity index (χ4v) is 5.56. The number of halogens is 1. The second kappa shape index (κ2) is 8.71. The molecule has 8 nitrogen and oxygen atoms in total.